The van der Waals surface area contributed by atoms with Gasteiger partial charge in [-0.25, -0.2) is 0 Å². The Hall–Kier alpha value is -1.06. The average Bonchev–Trinajstić information content (AvgIpc) is 2.90. The summed E-state index contributed by atoms with van der Waals surface area (Å²) in [6.07, 6.45) is 10.6. The molecule has 2 saturated heterocycles. The summed E-state index contributed by atoms with van der Waals surface area (Å²) in [5.74, 6) is 0.731. The highest BCUT2D eigenvalue weighted by molar-refractivity contribution is 5.56. The van der Waals surface area contributed by atoms with E-state index in [2.05, 4.69) is 62.1 Å². The van der Waals surface area contributed by atoms with Crippen LogP contribution < -0.4 is 0 Å². The minimum absolute atomic E-state index is 0.0239. The maximum absolute atomic E-state index is 4.90. The summed E-state index contributed by atoms with van der Waals surface area (Å²) < 4.78 is 0. The van der Waals surface area contributed by atoms with Crippen molar-refractivity contribution in [2.75, 3.05) is 26.2 Å². The Kier molecular flexibility index (Phi) is 6.10. The van der Waals surface area contributed by atoms with Crippen molar-refractivity contribution in [1.82, 2.24) is 9.80 Å². The number of hydrogen-bond donors (Lipinski definition) is 0. The van der Waals surface area contributed by atoms with Crippen LogP contribution in [0, 0.1) is 5.92 Å². The number of nitrogens with zero attached hydrogens (tertiary/aromatic N) is 4. The molecule has 0 aliphatic carbocycles. The lowest BCUT2D eigenvalue weighted by Gasteiger charge is -2.28. The van der Waals surface area contributed by atoms with Gasteiger partial charge >= 0.3 is 0 Å². The highest BCUT2D eigenvalue weighted by Gasteiger charge is 2.28. The van der Waals surface area contributed by atoms with E-state index in [0.29, 0.717) is 0 Å². The number of hydrogen-bond acceptors (Lipinski definition) is 2. The van der Waals surface area contributed by atoms with Gasteiger partial charge in [0.2, 0.25) is 0 Å². The molecule has 0 aromatic carbocycles. The number of rotatable bonds is 5. The molecule has 0 radical (unpaired) electrons. The molecular weight excluding hydrogens is 284 g/mol. The fourth-order valence-electron chi connectivity index (χ4n) is 3.42. The molecule has 1 unspecified atom stereocenters. The zero-order valence-corrected chi connectivity index (χ0v) is 15.9. The van der Waals surface area contributed by atoms with E-state index in [1.807, 2.05) is 0 Å². The molecule has 132 valence electrons. The molecule has 0 saturated carbocycles. The minimum atomic E-state index is 0.0239. The first kappa shape index (κ1) is 18.3. The topological polar surface area (TPSA) is 31.2 Å². The fourth-order valence-corrected chi connectivity index (χ4v) is 3.42. The molecule has 2 aliphatic heterocycles. The summed E-state index contributed by atoms with van der Waals surface area (Å²) in [6.45, 7) is 15.6. The van der Waals surface area contributed by atoms with Crippen LogP contribution in [0.15, 0.2) is 9.98 Å². The third-order valence-electron chi connectivity index (χ3n) is 4.67. The number of piperidine rings is 1. The first-order valence-electron chi connectivity index (χ1n) is 9.32. The lowest BCUT2D eigenvalue weighted by molar-refractivity contribution is 0.335. The Labute approximate surface area is 143 Å². The molecule has 4 heteroatoms. The van der Waals surface area contributed by atoms with Crippen molar-refractivity contribution >= 4 is 12.7 Å². The molecule has 4 nitrogen and oxygen atoms in total. The average molecular weight is 321 g/mol. The molecule has 2 fully saturated rings. The first-order chi connectivity index (χ1) is 10.7. The number of likely N-dealkylation sites (tertiary alicyclic amines) is 2. The van der Waals surface area contributed by atoms with Gasteiger partial charge in [0.25, 0.3) is 0 Å². The van der Waals surface area contributed by atoms with Crippen LogP contribution >= 0.6 is 0 Å². The van der Waals surface area contributed by atoms with E-state index >= 15 is 0 Å². The molecule has 0 aromatic heterocycles. The zero-order chi connectivity index (χ0) is 16.9. The molecule has 1 atom stereocenters. The normalized spacial score (nSPS) is 24.3. The van der Waals surface area contributed by atoms with Crippen molar-refractivity contribution in [3.8, 4) is 0 Å². The van der Waals surface area contributed by atoms with Crippen molar-refractivity contribution in [2.24, 2.45) is 15.9 Å². The van der Waals surface area contributed by atoms with Crippen molar-refractivity contribution in [3.63, 3.8) is 0 Å². The van der Waals surface area contributed by atoms with E-state index < -0.39 is 0 Å². The summed E-state index contributed by atoms with van der Waals surface area (Å²) in [4.78, 5) is 14.3. The Morgan fingerprint density at radius 2 is 1.52 bits per heavy atom. The van der Waals surface area contributed by atoms with Gasteiger partial charge in [-0.3, -0.25) is 9.98 Å². The molecule has 0 spiro atoms. The van der Waals surface area contributed by atoms with Crippen LogP contribution in [0.5, 0.6) is 0 Å². The fraction of sp³-hybridized carbons (Fsp3) is 0.895. The van der Waals surface area contributed by atoms with Crippen LogP contribution in [0.3, 0.4) is 0 Å². The van der Waals surface area contributed by atoms with Crippen LogP contribution in [0.4, 0.5) is 0 Å². The first-order valence-corrected chi connectivity index (χ1v) is 9.32. The molecule has 0 bridgehead atoms. The molecule has 2 aliphatic rings. The van der Waals surface area contributed by atoms with E-state index in [4.69, 9.17) is 4.99 Å². The summed E-state index contributed by atoms with van der Waals surface area (Å²) in [6, 6.07) is 0. The molecule has 2 rings (SSSR count). The second-order valence-electron chi connectivity index (χ2n) is 8.92. The standard InChI is InChI=1S/C19H36N4/c1-18(2,3)20-15-23-12-9-17(14-23)13-19(4,5)21-16-22-10-7-6-8-11-22/h15-17H,6-14H2,1-5H3/b20-15+,21-16+. The van der Waals surface area contributed by atoms with Gasteiger partial charge in [0.15, 0.2) is 0 Å². The maximum Gasteiger partial charge on any atom is 0.0856 e. The molecule has 0 amide bonds. The largest absolute Gasteiger partial charge is 0.363 e. The van der Waals surface area contributed by atoms with Gasteiger partial charge in [-0.15, -0.1) is 0 Å². The summed E-state index contributed by atoms with van der Waals surface area (Å²) >= 11 is 0. The predicted octanol–water partition coefficient (Wildman–Crippen LogP) is 3.82. The van der Waals surface area contributed by atoms with Crippen molar-refractivity contribution in [2.45, 2.75) is 77.8 Å². The molecule has 0 aromatic rings. The minimum Gasteiger partial charge on any atom is -0.363 e. The maximum atomic E-state index is 4.90. The Morgan fingerprint density at radius 3 is 2.17 bits per heavy atom. The van der Waals surface area contributed by atoms with Gasteiger partial charge < -0.3 is 9.80 Å². The monoisotopic (exact) mass is 320 g/mol. The van der Waals surface area contributed by atoms with Crippen LogP contribution in [-0.4, -0.2) is 59.7 Å². The lowest BCUT2D eigenvalue weighted by atomic mass is 9.90. The van der Waals surface area contributed by atoms with E-state index in [1.54, 1.807) is 0 Å². The predicted molar refractivity (Wildman–Crippen MR) is 101 cm³/mol. The third-order valence-corrected chi connectivity index (χ3v) is 4.67. The summed E-state index contributed by atoms with van der Waals surface area (Å²) in [5, 5.41) is 0. The summed E-state index contributed by atoms with van der Waals surface area (Å²) in [5.41, 5.74) is 0.0649. The van der Waals surface area contributed by atoms with Crippen LogP contribution in [0.1, 0.15) is 66.7 Å². The quantitative estimate of drug-likeness (QED) is 0.569. The van der Waals surface area contributed by atoms with Crippen molar-refractivity contribution < 1.29 is 0 Å². The van der Waals surface area contributed by atoms with Gasteiger partial charge in [-0.2, -0.15) is 0 Å². The highest BCUT2D eigenvalue weighted by Crippen LogP contribution is 2.27. The second kappa shape index (κ2) is 7.67. The van der Waals surface area contributed by atoms with Crippen LogP contribution in [0.2, 0.25) is 0 Å². The van der Waals surface area contributed by atoms with Crippen LogP contribution in [0.25, 0.3) is 0 Å². The smallest absolute Gasteiger partial charge is 0.0856 e. The highest BCUT2D eigenvalue weighted by atomic mass is 15.2. The Balaban J connectivity index is 1.79. The zero-order valence-electron chi connectivity index (χ0n) is 15.9. The summed E-state index contributed by atoms with van der Waals surface area (Å²) in [7, 11) is 0. The second-order valence-corrected chi connectivity index (χ2v) is 8.92. The van der Waals surface area contributed by atoms with Gasteiger partial charge in [0.05, 0.1) is 23.8 Å². The number of aliphatic imine (C=N–C) groups is 2. The van der Waals surface area contributed by atoms with Gasteiger partial charge in [-0.1, -0.05) is 0 Å². The molecule has 0 N–H and O–H groups in total. The van der Waals surface area contributed by atoms with Crippen molar-refractivity contribution in [1.29, 1.82) is 0 Å². The molecular formula is C19H36N4. The van der Waals surface area contributed by atoms with Gasteiger partial charge in [0.1, 0.15) is 0 Å². The SMILES string of the molecule is CC(C)(C)/N=C/N1CCC(CC(C)(C)/N=C/N2CCCCC2)C1. The van der Waals surface area contributed by atoms with Crippen LogP contribution in [-0.2, 0) is 0 Å². The van der Waals surface area contributed by atoms with E-state index in [1.165, 1.54) is 38.8 Å². The van der Waals surface area contributed by atoms with E-state index in [9.17, 15) is 0 Å². The molecule has 2 heterocycles. The molecule has 23 heavy (non-hydrogen) atoms. The van der Waals surface area contributed by atoms with Crippen molar-refractivity contribution in [3.05, 3.63) is 0 Å². The lowest BCUT2D eigenvalue weighted by Crippen LogP contribution is -2.31. The van der Waals surface area contributed by atoms with Gasteiger partial charge in [0, 0.05) is 26.2 Å². The van der Waals surface area contributed by atoms with E-state index in [0.717, 1.165) is 25.4 Å². The third kappa shape index (κ3) is 6.92. The van der Waals surface area contributed by atoms with Gasteiger partial charge in [-0.05, 0) is 72.6 Å². The van der Waals surface area contributed by atoms with E-state index in [-0.39, 0.29) is 11.1 Å². The Bertz CT molecular complexity index is 414. The Morgan fingerprint density at radius 1 is 0.870 bits per heavy atom.